The van der Waals surface area contributed by atoms with Crippen LogP contribution in [-0.4, -0.2) is 36.0 Å². The summed E-state index contributed by atoms with van der Waals surface area (Å²) in [6, 6.07) is 1.70. The van der Waals surface area contributed by atoms with Crippen molar-refractivity contribution in [3.63, 3.8) is 0 Å². The third-order valence-corrected chi connectivity index (χ3v) is 3.95. The Kier molecular flexibility index (Phi) is 4.31. The topological polar surface area (TPSA) is 78.1 Å². The smallest absolute Gasteiger partial charge is 0.280 e. The first kappa shape index (κ1) is 13.0. The maximum atomic E-state index is 11.8. The molecule has 0 aliphatic carbocycles. The van der Waals surface area contributed by atoms with Crippen molar-refractivity contribution in [1.29, 1.82) is 0 Å². The molecule has 16 heavy (non-hydrogen) atoms. The average Bonchev–Trinajstić information content (AvgIpc) is 2.66. The van der Waals surface area contributed by atoms with Crippen LogP contribution in [0.15, 0.2) is 6.07 Å². The summed E-state index contributed by atoms with van der Waals surface area (Å²) in [6.45, 7) is 6.44. The Morgan fingerprint density at radius 2 is 2.00 bits per heavy atom. The number of aromatic amines is 1. The first-order valence-corrected chi connectivity index (χ1v) is 6.79. The van der Waals surface area contributed by atoms with Crippen molar-refractivity contribution in [2.24, 2.45) is 0 Å². The van der Waals surface area contributed by atoms with Gasteiger partial charge in [-0.05, 0) is 6.42 Å². The van der Waals surface area contributed by atoms with E-state index < -0.39 is 10.2 Å². The maximum absolute atomic E-state index is 11.8. The van der Waals surface area contributed by atoms with Gasteiger partial charge in [0.25, 0.3) is 0 Å². The predicted molar refractivity (Wildman–Crippen MR) is 63.4 cm³/mol. The van der Waals surface area contributed by atoms with Gasteiger partial charge in [-0.25, -0.2) is 0 Å². The van der Waals surface area contributed by atoms with Crippen molar-refractivity contribution < 1.29 is 8.42 Å². The Labute approximate surface area is 96.2 Å². The molecular formula is C9H18N4O2S. The standard InChI is InChI=1S/C9H18N4O2S/c1-4-8-7-9(11-10-8)12-16(14,15)13(5-2)6-3/h7H,4-6H2,1-3H3,(H2,10,11,12). The summed E-state index contributed by atoms with van der Waals surface area (Å²) in [4.78, 5) is 0. The monoisotopic (exact) mass is 246 g/mol. The summed E-state index contributed by atoms with van der Waals surface area (Å²) >= 11 is 0. The molecule has 1 heterocycles. The van der Waals surface area contributed by atoms with Crippen LogP contribution in [0.1, 0.15) is 26.5 Å². The van der Waals surface area contributed by atoms with Gasteiger partial charge in [-0.2, -0.15) is 17.8 Å². The van der Waals surface area contributed by atoms with Gasteiger partial charge in [0.1, 0.15) is 0 Å². The number of nitrogens with zero attached hydrogens (tertiary/aromatic N) is 2. The molecule has 1 aromatic rings. The molecule has 6 nitrogen and oxygen atoms in total. The second-order valence-corrected chi connectivity index (χ2v) is 4.99. The highest BCUT2D eigenvalue weighted by Crippen LogP contribution is 2.10. The Bertz CT molecular complexity index is 422. The minimum Gasteiger partial charge on any atom is -0.280 e. The Hall–Kier alpha value is -1.08. The van der Waals surface area contributed by atoms with Crippen LogP contribution in [0.2, 0.25) is 0 Å². The zero-order valence-corrected chi connectivity index (χ0v) is 10.6. The van der Waals surface area contributed by atoms with Gasteiger partial charge in [0.2, 0.25) is 0 Å². The van der Waals surface area contributed by atoms with E-state index in [1.54, 1.807) is 19.9 Å². The second kappa shape index (κ2) is 5.31. The summed E-state index contributed by atoms with van der Waals surface area (Å²) in [7, 11) is -3.47. The maximum Gasteiger partial charge on any atom is 0.302 e. The lowest BCUT2D eigenvalue weighted by atomic mass is 10.3. The van der Waals surface area contributed by atoms with Gasteiger partial charge >= 0.3 is 10.2 Å². The van der Waals surface area contributed by atoms with Crippen molar-refractivity contribution in [1.82, 2.24) is 14.5 Å². The number of rotatable bonds is 6. The molecule has 0 bridgehead atoms. The van der Waals surface area contributed by atoms with Crippen molar-refractivity contribution in [3.05, 3.63) is 11.8 Å². The predicted octanol–water partition coefficient (Wildman–Crippen LogP) is 0.971. The van der Waals surface area contributed by atoms with Gasteiger partial charge in [-0.15, -0.1) is 0 Å². The molecule has 0 aliphatic heterocycles. The number of aryl methyl sites for hydroxylation is 1. The Balaban J connectivity index is 2.79. The molecule has 2 N–H and O–H groups in total. The summed E-state index contributed by atoms with van der Waals surface area (Å²) in [5.74, 6) is 0.337. The Morgan fingerprint density at radius 1 is 1.38 bits per heavy atom. The number of hydrogen-bond acceptors (Lipinski definition) is 3. The number of anilines is 1. The molecule has 92 valence electrons. The van der Waals surface area contributed by atoms with E-state index in [1.807, 2.05) is 6.92 Å². The number of nitrogens with one attached hydrogen (secondary N) is 2. The second-order valence-electron chi connectivity index (χ2n) is 3.32. The van der Waals surface area contributed by atoms with E-state index in [4.69, 9.17) is 0 Å². The number of aromatic nitrogens is 2. The summed E-state index contributed by atoms with van der Waals surface area (Å²) < 4.78 is 27.4. The van der Waals surface area contributed by atoms with Crippen LogP contribution >= 0.6 is 0 Å². The van der Waals surface area contributed by atoms with Gasteiger partial charge < -0.3 is 0 Å². The number of hydrogen-bond donors (Lipinski definition) is 2. The molecule has 0 fully saturated rings. The van der Waals surface area contributed by atoms with E-state index in [0.717, 1.165) is 12.1 Å². The largest absolute Gasteiger partial charge is 0.302 e. The molecule has 0 saturated heterocycles. The quantitative estimate of drug-likeness (QED) is 0.785. The third kappa shape index (κ3) is 2.96. The van der Waals surface area contributed by atoms with Crippen LogP contribution in [0.25, 0.3) is 0 Å². The van der Waals surface area contributed by atoms with E-state index >= 15 is 0 Å². The molecular weight excluding hydrogens is 228 g/mol. The summed E-state index contributed by atoms with van der Waals surface area (Å²) in [6.07, 6.45) is 0.792. The van der Waals surface area contributed by atoms with Gasteiger partial charge in [-0.1, -0.05) is 20.8 Å². The van der Waals surface area contributed by atoms with Crippen molar-refractivity contribution >= 4 is 16.0 Å². The van der Waals surface area contributed by atoms with Crippen LogP contribution in [0.4, 0.5) is 5.82 Å². The van der Waals surface area contributed by atoms with E-state index in [9.17, 15) is 8.42 Å². The van der Waals surface area contributed by atoms with Crippen molar-refractivity contribution in [2.75, 3.05) is 17.8 Å². The van der Waals surface area contributed by atoms with Crippen LogP contribution in [-0.2, 0) is 16.6 Å². The van der Waals surface area contributed by atoms with Gasteiger partial charge in [-0.3, -0.25) is 9.82 Å². The van der Waals surface area contributed by atoms with E-state index in [2.05, 4.69) is 14.9 Å². The van der Waals surface area contributed by atoms with Crippen molar-refractivity contribution in [2.45, 2.75) is 27.2 Å². The molecule has 0 saturated carbocycles. The molecule has 0 spiro atoms. The van der Waals surface area contributed by atoms with E-state index in [0.29, 0.717) is 18.9 Å². The minimum atomic E-state index is -3.47. The molecule has 0 amide bonds. The first-order chi connectivity index (χ1) is 7.53. The SMILES string of the molecule is CCc1cc(NS(=O)(=O)N(CC)CC)n[nH]1. The van der Waals surface area contributed by atoms with Gasteiger partial charge in [0, 0.05) is 24.8 Å². The highest BCUT2D eigenvalue weighted by Gasteiger charge is 2.19. The summed E-state index contributed by atoms with van der Waals surface area (Å²) in [5, 5.41) is 6.64. The van der Waals surface area contributed by atoms with Crippen molar-refractivity contribution in [3.8, 4) is 0 Å². The molecule has 0 unspecified atom stereocenters. The lowest BCUT2D eigenvalue weighted by Gasteiger charge is -2.18. The fourth-order valence-electron chi connectivity index (χ4n) is 1.36. The first-order valence-electron chi connectivity index (χ1n) is 5.35. The van der Waals surface area contributed by atoms with E-state index in [-0.39, 0.29) is 0 Å². The fourth-order valence-corrected chi connectivity index (χ4v) is 2.53. The lowest BCUT2D eigenvalue weighted by molar-refractivity contribution is 0.449. The Morgan fingerprint density at radius 3 is 2.44 bits per heavy atom. The van der Waals surface area contributed by atoms with Crippen LogP contribution in [0.5, 0.6) is 0 Å². The molecule has 1 aromatic heterocycles. The highest BCUT2D eigenvalue weighted by molar-refractivity contribution is 7.90. The lowest BCUT2D eigenvalue weighted by Crippen LogP contribution is -2.35. The molecule has 0 aliphatic rings. The third-order valence-electron chi connectivity index (χ3n) is 2.29. The fraction of sp³-hybridized carbons (Fsp3) is 0.667. The molecule has 1 rings (SSSR count). The molecule has 0 aromatic carbocycles. The van der Waals surface area contributed by atoms with Gasteiger partial charge in [0.15, 0.2) is 5.82 Å². The van der Waals surface area contributed by atoms with Crippen LogP contribution < -0.4 is 4.72 Å². The zero-order valence-electron chi connectivity index (χ0n) is 9.82. The van der Waals surface area contributed by atoms with Crippen LogP contribution in [0.3, 0.4) is 0 Å². The molecule has 0 radical (unpaired) electrons. The zero-order chi connectivity index (χ0) is 12.2. The number of H-pyrrole nitrogens is 1. The van der Waals surface area contributed by atoms with Crippen LogP contribution in [0, 0.1) is 0 Å². The highest BCUT2D eigenvalue weighted by atomic mass is 32.2. The van der Waals surface area contributed by atoms with Gasteiger partial charge in [0.05, 0.1) is 0 Å². The summed E-state index contributed by atoms with van der Waals surface area (Å²) in [5.41, 5.74) is 0.900. The average molecular weight is 246 g/mol. The minimum absolute atomic E-state index is 0.337. The van der Waals surface area contributed by atoms with E-state index in [1.165, 1.54) is 4.31 Å². The molecule has 0 atom stereocenters. The normalized spacial score (nSPS) is 12.0. The molecule has 7 heteroatoms.